The Morgan fingerprint density at radius 2 is 1.71 bits per heavy atom. The lowest BCUT2D eigenvalue weighted by Gasteiger charge is -2.20. The van der Waals surface area contributed by atoms with Crippen molar-refractivity contribution in [3.8, 4) is 17.2 Å². The number of nitro groups is 1. The van der Waals surface area contributed by atoms with E-state index in [1.165, 1.54) is 34.4 Å². The second-order valence-corrected chi connectivity index (χ2v) is 8.07. The van der Waals surface area contributed by atoms with Crippen LogP contribution in [0.1, 0.15) is 5.56 Å². The van der Waals surface area contributed by atoms with Gasteiger partial charge in [0.1, 0.15) is 0 Å². The Morgan fingerprint density at radius 1 is 1.07 bits per heavy atom. The van der Waals surface area contributed by atoms with E-state index in [4.69, 9.17) is 25.8 Å². The van der Waals surface area contributed by atoms with Crippen LogP contribution in [0.3, 0.4) is 0 Å². The highest BCUT2D eigenvalue weighted by molar-refractivity contribution is 7.89. The molecule has 0 fully saturated rings. The number of halogens is 1. The predicted octanol–water partition coefficient (Wildman–Crippen LogP) is 3.09. The van der Waals surface area contributed by atoms with Gasteiger partial charge in [0.2, 0.25) is 15.8 Å². The van der Waals surface area contributed by atoms with Crippen molar-refractivity contribution in [2.75, 3.05) is 28.4 Å². The lowest BCUT2D eigenvalue weighted by atomic mass is 10.1. The standard InChI is InChI=1S/C17H19ClN2O7S/c1-19(10-11-5-7-14(25-2)17(27-4)16(11)26-3)28(23,24)15-8-6-12(18)9-13(15)20(21)22/h5-9H,10H2,1-4H3. The lowest BCUT2D eigenvalue weighted by Crippen LogP contribution is -2.27. The van der Waals surface area contributed by atoms with Crippen molar-refractivity contribution in [2.24, 2.45) is 0 Å². The molecule has 2 aromatic carbocycles. The smallest absolute Gasteiger partial charge is 0.290 e. The van der Waals surface area contributed by atoms with Crippen molar-refractivity contribution in [1.29, 1.82) is 0 Å². The summed E-state index contributed by atoms with van der Waals surface area (Å²) < 4.78 is 42.7. The molecule has 0 heterocycles. The van der Waals surface area contributed by atoms with Gasteiger partial charge in [0, 0.05) is 30.2 Å². The third-order valence-electron chi connectivity index (χ3n) is 3.98. The van der Waals surface area contributed by atoms with E-state index in [-0.39, 0.29) is 11.6 Å². The molecule has 0 atom stereocenters. The van der Waals surface area contributed by atoms with Crippen molar-refractivity contribution >= 4 is 27.3 Å². The Labute approximate surface area is 167 Å². The number of nitrogens with zero attached hydrogens (tertiary/aromatic N) is 2. The number of sulfonamides is 1. The first kappa shape index (κ1) is 21.7. The molecule has 0 N–H and O–H groups in total. The van der Waals surface area contributed by atoms with Crippen molar-refractivity contribution in [3.63, 3.8) is 0 Å². The van der Waals surface area contributed by atoms with Crippen LogP contribution in [0.15, 0.2) is 35.2 Å². The van der Waals surface area contributed by atoms with E-state index in [0.717, 1.165) is 16.4 Å². The van der Waals surface area contributed by atoms with Gasteiger partial charge in [0.25, 0.3) is 5.69 Å². The highest BCUT2D eigenvalue weighted by Crippen LogP contribution is 2.40. The van der Waals surface area contributed by atoms with Crippen LogP contribution in [0, 0.1) is 10.1 Å². The number of nitro benzene ring substituents is 1. The first-order valence-electron chi connectivity index (χ1n) is 7.85. The molecule has 0 aliphatic carbocycles. The van der Waals surface area contributed by atoms with Gasteiger partial charge in [-0.15, -0.1) is 0 Å². The molecule has 0 spiro atoms. The SMILES string of the molecule is COc1ccc(CN(C)S(=O)(=O)c2ccc(Cl)cc2[N+](=O)[O-])c(OC)c1OC. The molecule has 0 saturated heterocycles. The topological polar surface area (TPSA) is 108 Å². The summed E-state index contributed by atoms with van der Waals surface area (Å²) in [6.45, 7) is -0.119. The van der Waals surface area contributed by atoms with Crippen molar-refractivity contribution in [3.05, 3.63) is 51.0 Å². The summed E-state index contributed by atoms with van der Waals surface area (Å²) >= 11 is 5.77. The van der Waals surface area contributed by atoms with Crippen LogP contribution in [-0.4, -0.2) is 46.0 Å². The van der Waals surface area contributed by atoms with Crippen molar-refractivity contribution in [1.82, 2.24) is 4.31 Å². The molecular weight excluding hydrogens is 412 g/mol. The van der Waals surface area contributed by atoms with E-state index in [1.54, 1.807) is 12.1 Å². The van der Waals surface area contributed by atoms with Gasteiger partial charge in [-0.1, -0.05) is 17.7 Å². The summed E-state index contributed by atoms with van der Waals surface area (Å²) in [7, 11) is 1.44. The van der Waals surface area contributed by atoms with Gasteiger partial charge in [-0.25, -0.2) is 8.42 Å². The van der Waals surface area contributed by atoms with E-state index < -0.39 is 25.5 Å². The number of benzene rings is 2. The van der Waals surface area contributed by atoms with Crippen LogP contribution >= 0.6 is 11.6 Å². The van der Waals surface area contributed by atoms with Gasteiger partial charge in [-0.2, -0.15) is 4.31 Å². The van der Waals surface area contributed by atoms with Gasteiger partial charge in [0.15, 0.2) is 16.4 Å². The van der Waals surface area contributed by atoms with E-state index in [9.17, 15) is 18.5 Å². The molecule has 0 aromatic heterocycles. The highest BCUT2D eigenvalue weighted by atomic mass is 35.5. The summed E-state index contributed by atoms with van der Waals surface area (Å²) in [6.07, 6.45) is 0. The molecule has 0 bridgehead atoms. The molecule has 28 heavy (non-hydrogen) atoms. The van der Waals surface area contributed by atoms with Crippen molar-refractivity contribution < 1.29 is 27.6 Å². The average molecular weight is 431 g/mol. The molecule has 11 heteroatoms. The van der Waals surface area contributed by atoms with Crippen LogP contribution < -0.4 is 14.2 Å². The van der Waals surface area contributed by atoms with Crippen LogP contribution in [0.2, 0.25) is 5.02 Å². The first-order valence-corrected chi connectivity index (χ1v) is 9.67. The van der Waals surface area contributed by atoms with Crippen LogP contribution in [0.4, 0.5) is 5.69 Å². The van der Waals surface area contributed by atoms with E-state index in [2.05, 4.69) is 0 Å². The number of ether oxygens (including phenoxy) is 3. The van der Waals surface area contributed by atoms with Gasteiger partial charge in [-0.3, -0.25) is 10.1 Å². The molecule has 0 unspecified atom stereocenters. The molecule has 2 aromatic rings. The van der Waals surface area contributed by atoms with Gasteiger partial charge < -0.3 is 14.2 Å². The largest absolute Gasteiger partial charge is 0.493 e. The minimum Gasteiger partial charge on any atom is -0.493 e. The third-order valence-corrected chi connectivity index (χ3v) is 6.07. The molecule has 0 amide bonds. The fourth-order valence-electron chi connectivity index (χ4n) is 2.63. The first-order chi connectivity index (χ1) is 13.2. The normalized spacial score (nSPS) is 11.4. The number of rotatable bonds is 8. The van der Waals surface area contributed by atoms with E-state index in [1.807, 2.05) is 0 Å². The average Bonchev–Trinajstić information content (AvgIpc) is 2.66. The number of hydrogen-bond acceptors (Lipinski definition) is 7. The van der Waals surface area contributed by atoms with Gasteiger partial charge in [0.05, 0.1) is 26.3 Å². The predicted molar refractivity (Wildman–Crippen MR) is 103 cm³/mol. The van der Waals surface area contributed by atoms with Crippen LogP contribution in [-0.2, 0) is 16.6 Å². The maximum absolute atomic E-state index is 12.9. The maximum atomic E-state index is 12.9. The molecule has 152 valence electrons. The summed E-state index contributed by atoms with van der Waals surface area (Å²) in [4.78, 5) is 10.0. The quantitative estimate of drug-likeness (QED) is 0.467. The monoisotopic (exact) mass is 430 g/mol. The number of hydrogen-bond donors (Lipinski definition) is 0. The summed E-state index contributed by atoms with van der Waals surface area (Å²) in [6, 6.07) is 6.63. The van der Waals surface area contributed by atoms with Gasteiger partial charge in [-0.05, 0) is 18.2 Å². The number of methoxy groups -OCH3 is 3. The minimum absolute atomic E-state index is 0.0647. The lowest BCUT2D eigenvalue weighted by molar-refractivity contribution is -0.387. The molecule has 0 saturated carbocycles. The fourth-order valence-corrected chi connectivity index (χ4v) is 4.08. The maximum Gasteiger partial charge on any atom is 0.290 e. The zero-order chi connectivity index (χ0) is 21.1. The Balaban J connectivity index is 2.48. The second kappa shape index (κ2) is 8.63. The molecular formula is C17H19ClN2O7S. The Kier molecular flexibility index (Phi) is 6.70. The zero-order valence-corrected chi connectivity index (χ0v) is 17.2. The molecule has 9 nitrogen and oxygen atoms in total. The zero-order valence-electron chi connectivity index (χ0n) is 15.6. The highest BCUT2D eigenvalue weighted by Gasteiger charge is 2.31. The van der Waals surface area contributed by atoms with Crippen LogP contribution in [0.5, 0.6) is 17.2 Å². The molecule has 2 rings (SSSR count). The Bertz CT molecular complexity index is 995. The summed E-state index contributed by atoms with van der Waals surface area (Å²) in [5.41, 5.74) is -0.110. The molecule has 0 radical (unpaired) electrons. The molecule has 0 aliphatic heterocycles. The minimum atomic E-state index is -4.18. The Morgan fingerprint density at radius 3 is 2.25 bits per heavy atom. The van der Waals surface area contributed by atoms with Gasteiger partial charge >= 0.3 is 0 Å². The second-order valence-electron chi connectivity index (χ2n) is 5.62. The summed E-state index contributed by atoms with van der Waals surface area (Å²) in [5.74, 6) is 1.03. The fraction of sp³-hybridized carbons (Fsp3) is 0.294. The van der Waals surface area contributed by atoms with Crippen LogP contribution in [0.25, 0.3) is 0 Å². The van der Waals surface area contributed by atoms with Crippen molar-refractivity contribution in [2.45, 2.75) is 11.4 Å². The van der Waals surface area contributed by atoms with E-state index >= 15 is 0 Å². The van der Waals surface area contributed by atoms with E-state index in [0.29, 0.717) is 22.8 Å². The molecule has 0 aliphatic rings. The third kappa shape index (κ3) is 4.13. The summed E-state index contributed by atoms with van der Waals surface area (Å²) in [5, 5.41) is 11.3. The Hall–Kier alpha value is -2.56.